The van der Waals surface area contributed by atoms with Crippen LogP contribution in [0, 0.1) is 0 Å². The van der Waals surface area contributed by atoms with Gasteiger partial charge in [0.05, 0.1) is 6.54 Å². The first kappa shape index (κ1) is 19.5. The molecule has 0 aliphatic heterocycles. The van der Waals surface area contributed by atoms with Crippen molar-refractivity contribution in [2.24, 2.45) is 4.99 Å². The van der Waals surface area contributed by atoms with Crippen LogP contribution in [-0.2, 0) is 10.4 Å². The van der Waals surface area contributed by atoms with Crippen molar-refractivity contribution in [3.8, 4) is 0 Å². The maximum atomic E-state index is 12.0. The van der Waals surface area contributed by atoms with E-state index in [1.54, 1.807) is 6.92 Å². The highest BCUT2D eigenvalue weighted by molar-refractivity contribution is 5.94. The molecule has 0 saturated carbocycles. The molecule has 1 amide bonds. The molecule has 4 N–H and O–H groups in total. The SMILES string of the molecule is CCNC(=NCC(=O)Nc1ccccc1)NCC(C)(O)c1ccccc1. The van der Waals surface area contributed by atoms with Gasteiger partial charge in [0, 0.05) is 12.2 Å². The molecule has 0 saturated heterocycles. The summed E-state index contributed by atoms with van der Waals surface area (Å²) in [5.74, 6) is 0.273. The number of anilines is 1. The van der Waals surface area contributed by atoms with E-state index in [1.807, 2.05) is 67.6 Å². The number of carbonyl (C=O) groups is 1. The molecule has 0 aliphatic rings. The standard InChI is InChI=1S/C20H26N4O2/c1-3-21-19(22-14-18(25)24-17-12-8-5-9-13-17)23-15-20(2,26)16-10-6-4-7-11-16/h4-13,26H,3,14-15H2,1-2H3,(H,24,25)(H2,21,22,23). The zero-order valence-electron chi connectivity index (χ0n) is 15.2. The second-order valence-electron chi connectivity index (χ2n) is 6.10. The maximum Gasteiger partial charge on any atom is 0.246 e. The summed E-state index contributed by atoms with van der Waals surface area (Å²) >= 11 is 0. The zero-order chi connectivity index (χ0) is 18.8. The highest BCUT2D eigenvalue weighted by atomic mass is 16.3. The predicted molar refractivity (Wildman–Crippen MR) is 105 cm³/mol. The topological polar surface area (TPSA) is 85.8 Å². The smallest absolute Gasteiger partial charge is 0.246 e. The van der Waals surface area contributed by atoms with Crippen LogP contribution in [0.4, 0.5) is 5.69 Å². The molecule has 26 heavy (non-hydrogen) atoms. The number of para-hydroxylation sites is 1. The van der Waals surface area contributed by atoms with Crippen molar-refractivity contribution in [1.82, 2.24) is 10.6 Å². The second kappa shape index (κ2) is 9.58. The third kappa shape index (κ3) is 6.22. The Labute approximate surface area is 154 Å². The van der Waals surface area contributed by atoms with Crippen molar-refractivity contribution >= 4 is 17.6 Å². The fraction of sp³-hybridized carbons (Fsp3) is 0.300. The summed E-state index contributed by atoms with van der Waals surface area (Å²) in [4.78, 5) is 16.3. The first-order valence-corrected chi connectivity index (χ1v) is 8.66. The van der Waals surface area contributed by atoms with E-state index >= 15 is 0 Å². The van der Waals surface area contributed by atoms with Gasteiger partial charge in [0.1, 0.15) is 12.1 Å². The second-order valence-corrected chi connectivity index (χ2v) is 6.10. The van der Waals surface area contributed by atoms with Gasteiger partial charge in [-0.15, -0.1) is 0 Å². The number of carbonyl (C=O) groups excluding carboxylic acids is 1. The molecule has 1 atom stereocenters. The summed E-state index contributed by atoms with van der Waals surface area (Å²) in [6.07, 6.45) is 0. The monoisotopic (exact) mass is 354 g/mol. The minimum Gasteiger partial charge on any atom is -0.384 e. The number of amides is 1. The molecule has 0 radical (unpaired) electrons. The van der Waals surface area contributed by atoms with E-state index in [0.29, 0.717) is 12.5 Å². The van der Waals surface area contributed by atoms with Crippen LogP contribution in [-0.4, -0.2) is 36.6 Å². The molecule has 0 spiro atoms. The number of guanidine groups is 1. The van der Waals surface area contributed by atoms with Crippen LogP contribution >= 0.6 is 0 Å². The van der Waals surface area contributed by atoms with Crippen molar-refractivity contribution in [3.05, 3.63) is 66.2 Å². The molecule has 0 bridgehead atoms. The summed E-state index contributed by atoms with van der Waals surface area (Å²) in [5.41, 5.74) is 0.492. The van der Waals surface area contributed by atoms with Crippen LogP contribution in [0.5, 0.6) is 0 Å². The Balaban J connectivity index is 1.92. The molecular formula is C20H26N4O2. The van der Waals surface area contributed by atoms with Gasteiger partial charge in [-0.2, -0.15) is 0 Å². The number of rotatable bonds is 7. The van der Waals surface area contributed by atoms with Crippen molar-refractivity contribution in [3.63, 3.8) is 0 Å². The van der Waals surface area contributed by atoms with Gasteiger partial charge in [-0.1, -0.05) is 48.5 Å². The Hall–Kier alpha value is -2.86. The highest BCUT2D eigenvalue weighted by Crippen LogP contribution is 2.18. The number of nitrogens with one attached hydrogen (secondary N) is 3. The molecule has 0 heterocycles. The Morgan fingerprint density at radius 2 is 1.65 bits per heavy atom. The zero-order valence-corrected chi connectivity index (χ0v) is 15.2. The van der Waals surface area contributed by atoms with Crippen LogP contribution in [0.1, 0.15) is 19.4 Å². The van der Waals surface area contributed by atoms with E-state index in [1.165, 1.54) is 0 Å². The fourth-order valence-electron chi connectivity index (χ4n) is 2.37. The average molecular weight is 354 g/mol. The molecule has 2 aromatic carbocycles. The van der Waals surface area contributed by atoms with Crippen LogP contribution in [0.25, 0.3) is 0 Å². The van der Waals surface area contributed by atoms with Gasteiger partial charge < -0.3 is 21.1 Å². The molecule has 138 valence electrons. The Kier molecular flexibility index (Phi) is 7.17. The van der Waals surface area contributed by atoms with E-state index in [9.17, 15) is 9.90 Å². The molecule has 0 fully saturated rings. The minimum absolute atomic E-state index is 0.0162. The molecule has 1 unspecified atom stereocenters. The Morgan fingerprint density at radius 1 is 1.04 bits per heavy atom. The fourth-order valence-corrected chi connectivity index (χ4v) is 2.37. The largest absolute Gasteiger partial charge is 0.384 e. The third-order valence-electron chi connectivity index (χ3n) is 3.78. The van der Waals surface area contributed by atoms with E-state index in [0.717, 1.165) is 11.3 Å². The molecule has 0 aromatic heterocycles. The first-order valence-electron chi connectivity index (χ1n) is 8.66. The molecule has 0 aliphatic carbocycles. The van der Waals surface area contributed by atoms with Crippen molar-refractivity contribution in [2.45, 2.75) is 19.4 Å². The van der Waals surface area contributed by atoms with Gasteiger partial charge in [0.25, 0.3) is 0 Å². The van der Waals surface area contributed by atoms with Gasteiger partial charge in [0.2, 0.25) is 5.91 Å². The number of aliphatic hydroxyl groups is 1. The van der Waals surface area contributed by atoms with Crippen LogP contribution in [0.2, 0.25) is 0 Å². The summed E-state index contributed by atoms with van der Waals surface area (Å²) in [6.45, 7) is 4.58. The minimum atomic E-state index is -1.05. The third-order valence-corrected chi connectivity index (χ3v) is 3.78. The molecular weight excluding hydrogens is 328 g/mol. The lowest BCUT2D eigenvalue weighted by Crippen LogP contribution is -2.44. The predicted octanol–water partition coefficient (Wildman–Crippen LogP) is 2.09. The first-order chi connectivity index (χ1) is 12.5. The van der Waals surface area contributed by atoms with Crippen LogP contribution < -0.4 is 16.0 Å². The molecule has 6 heteroatoms. The van der Waals surface area contributed by atoms with Crippen LogP contribution in [0.15, 0.2) is 65.7 Å². The molecule has 2 aromatic rings. The molecule has 6 nitrogen and oxygen atoms in total. The lowest BCUT2D eigenvalue weighted by molar-refractivity contribution is -0.114. The number of aliphatic imine (C=N–C) groups is 1. The van der Waals surface area contributed by atoms with Gasteiger partial charge in [-0.3, -0.25) is 4.79 Å². The lowest BCUT2D eigenvalue weighted by Gasteiger charge is -2.25. The number of hydrogen-bond donors (Lipinski definition) is 4. The van der Waals surface area contributed by atoms with E-state index in [4.69, 9.17) is 0 Å². The molecule has 2 rings (SSSR count). The number of hydrogen-bond acceptors (Lipinski definition) is 3. The van der Waals surface area contributed by atoms with Crippen molar-refractivity contribution < 1.29 is 9.90 Å². The quantitative estimate of drug-likeness (QED) is 0.453. The van der Waals surface area contributed by atoms with Crippen molar-refractivity contribution in [2.75, 3.05) is 25.0 Å². The van der Waals surface area contributed by atoms with Gasteiger partial charge in [-0.05, 0) is 31.5 Å². The summed E-state index contributed by atoms with van der Waals surface area (Å²) in [7, 11) is 0. The Morgan fingerprint density at radius 3 is 2.27 bits per heavy atom. The number of nitrogens with zero attached hydrogens (tertiary/aromatic N) is 1. The van der Waals surface area contributed by atoms with Gasteiger partial charge >= 0.3 is 0 Å². The van der Waals surface area contributed by atoms with Crippen molar-refractivity contribution in [1.29, 1.82) is 0 Å². The summed E-state index contributed by atoms with van der Waals surface area (Å²) < 4.78 is 0. The van der Waals surface area contributed by atoms with Gasteiger partial charge in [0.15, 0.2) is 5.96 Å². The van der Waals surface area contributed by atoms with E-state index in [2.05, 4.69) is 20.9 Å². The average Bonchev–Trinajstić information content (AvgIpc) is 2.65. The Bertz CT molecular complexity index is 715. The highest BCUT2D eigenvalue weighted by Gasteiger charge is 2.22. The summed E-state index contributed by atoms with van der Waals surface area (Å²) in [5, 5.41) is 19.6. The normalized spacial score (nSPS) is 13.6. The van der Waals surface area contributed by atoms with E-state index in [-0.39, 0.29) is 19.0 Å². The van der Waals surface area contributed by atoms with E-state index < -0.39 is 5.60 Å². The summed E-state index contributed by atoms with van der Waals surface area (Å²) in [6, 6.07) is 18.7. The maximum absolute atomic E-state index is 12.0. The van der Waals surface area contributed by atoms with Gasteiger partial charge in [-0.25, -0.2) is 4.99 Å². The van der Waals surface area contributed by atoms with Crippen LogP contribution in [0.3, 0.4) is 0 Å². The number of benzene rings is 2. The lowest BCUT2D eigenvalue weighted by atomic mass is 9.96.